The van der Waals surface area contributed by atoms with Gasteiger partial charge in [0.05, 0.1) is 60.5 Å². The minimum absolute atomic E-state index is 0.0946. The van der Waals surface area contributed by atoms with Crippen LogP contribution in [0.2, 0.25) is 0 Å². The van der Waals surface area contributed by atoms with E-state index in [4.69, 9.17) is 61.6 Å². The quantitative estimate of drug-likeness (QED) is 0.153. The number of hydrogen-bond acceptors (Lipinski definition) is 19. The molecule has 0 amide bonds. The lowest BCUT2D eigenvalue weighted by Crippen LogP contribution is -2.75. The molecule has 1 aromatic heterocycles. The van der Waals surface area contributed by atoms with Crippen LogP contribution in [-0.2, 0) is 66.4 Å². The molecule has 416 valence electrons. The van der Waals surface area contributed by atoms with Gasteiger partial charge in [0.15, 0.2) is 25.2 Å². The number of aromatic nitrogens is 1. The van der Waals surface area contributed by atoms with Crippen LogP contribution in [0.1, 0.15) is 129 Å². The van der Waals surface area contributed by atoms with Gasteiger partial charge in [-0.1, -0.05) is 25.5 Å². The number of ketones is 1. The monoisotopic (exact) mass is 1050 g/mol. The van der Waals surface area contributed by atoms with Crippen molar-refractivity contribution < 1.29 is 86.5 Å². The van der Waals surface area contributed by atoms with Crippen molar-refractivity contribution in [3.05, 3.63) is 41.7 Å². The summed E-state index contributed by atoms with van der Waals surface area (Å²) in [4.78, 5) is 31.0. The smallest absolute Gasteiger partial charge is 0.339 e. The lowest BCUT2D eigenvalue weighted by atomic mass is 9.43. The van der Waals surface area contributed by atoms with Gasteiger partial charge in [-0.3, -0.25) is 9.78 Å². The molecule has 7 fully saturated rings. The van der Waals surface area contributed by atoms with Gasteiger partial charge in [-0.05, 0) is 97.1 Å². The van der Waals surface area contributed by atoms with E-state index in [0.29, 0.717) is 51.4 Å². The second-order valence-corrected chi connectivity index (χ2v) is 23.0. The van der Waals surface area contributed by atoms with Crippen LogP contribution in [0.4, 0.5) is 0 Å². The van der Waals surface area contributed by atoms with Gasteiger partial charge in [-0.2, -0.15) is 0 Å². The number of Topliss-reactive ketones (excluding diaryl/α,β-unsaturated/α-hetero) is 1. The zero-order chi connectivity index (χ0) is 53.1. The van der Waals surface area contributed by atoms with Gasteiger partial charge in [0.25, 0.3) is 0 Å². The third kappa shape index (κ3) is 10.1. The number of fused-ring (bicyclic) bond motifs is 5. The molecular weight excluding hydrogens is 963 g/mol. The zero-order valence-electron chi connectivity index (χ0n) is 45.1. The molecule has 24 atom stereocenters. The Morgan fingerprint density at radius 1 is 0.689 bits per heavy atom. The number of carbonyl (C=O) groups is 2. The Balaban J connectivity index is 0.803. The number of carbonyl (C=O) groups excluding carboxylic acids is 2. The number of nitrogens with zero attached hydrogens (tertiary/aromatic N) is 1. The second-order valence-electron chi connectivity index (χ2n) is 23.0. The van der Waals surface area contributed by atoms with Crippen molar-refractivity contribution in [1.29, 1.82) is 0 Å². The molecule has 1 aromatic rings. The first-order valence-electron chi connectivity index (χ1n) is 27.0. The highest BCUT2D eigenvalue weighted by Gasteiger charge is 2.77. The van der Waals surface area contributed by atoms with Crippen LogP contribution in [0, 0.1) is 22.7 Å². The van der Waals surface area contributed by atoms with Crippen molar-refractivity contribution in [2.45, 2.75) is 241 Å². The summed E-state index contributed by atoms with van der Waals surface area (Å²) in [5, 5.41) is 36.3. The standard InChI is InChI=1S/C55H83NO18/c1-28(57)36-16-19-55(61)53(36,7)42(71-51(59)33-13-12-20-56-27-33)26-41-52(6)17-15-35(21-34(52)14-18-54(41,55)60)70-43-23-38(63-9)48(30(3)67-43)73-45-25-40(65-11)50(32(5)69-45)74-46-24-39(64-10)49(31(4)68-46)72-44-22-37(62-8)47(58)29(2)66-44/h12-14,20,27,29-32,35-50,58,60-61H,15-19,21-26H2,1-11H3. The lowest BCUT2D eigenvalue weighted by Gasteiger charge is -2.66. The Labute approximate surface area is 435 Å². The van der Waals surface area contributed by atoms with E-state index in [9.17, 15) is 24.9 Å². The summed E-state index contributed by atoms with van der Waals surface area (Å²) in [6.07, 6.45) is 0.691. The van der Waals surface area contributed by atoms with E-state index >= 15 is 0 Å². The van der Waals surface area contributed by atoms with Crippen LogP contribution in [0.25, 0.3) is 0 Å². The summed E-state index contributed by atoms with van der Waals surface area (Å²) in [5.74, 6) is -1.73. The molecule has 19 heteroatoms. The van der Waals surface area contributed by atoms with Gasteiger partial charge >= 0.3 is 5.97 Å². The number of rotatable bonds is 15. The first-order chi connectivity index (χ1) is 35.2. The van der Waals surface area contributed by atoms with Crippen LogP contribution in [-0.4, -0.2) is 182 Å². The normalized spacial score (nSPS) is 48.4. The largest absolute Gasteiger partial charge is 0.458 e. The first-order valence-corrected chi connectivity index (χ1v) is 27.0. The molecule has 74 heavy (non-hydrogen) atoms. The summed E-state index contributed by atoms with van der Waals surface area (Å²) in [6.45, 7) is 13.1. The highest BCUT2D eigenvalue weighted by molar-refractivity contribution is 5.89. The number of pyridine rings is 1. The van der Waals surface area contributed by atoms with Crippen molar-refractivity contribution in [2.75, 3.05) is 28.4 Å². The van der Waals surface area contributed by atoms with Gasteiger partial charge in [0, 0.05) is 83.8 Å². The fourth-order valence-electron chi connectivity index (χ4n) is 14.8. The van der Waals surface area contributed by atoms with Crippen molar-refractivity contribution in [1.82, 2.24) is 4.98 Å². The van der Waals surface area contributed by atoms with Gasteiger partial charge < -0.3 is 76.9 Å². The molecular formula is C55H83NO18. The molecule has 4 aliphatic carbocycles. The molecule has 0 bridgehead atoms. The number of aliphatic hydroxyl groups excluding tert-OH is 1. The van der Waals surface area contributed by atoms with Crippen molar-refractivity contribution in [3.8, 4) is 0 Å². The molecule has 0 radical (unpaired) electrons. The van der Waals surface area contributed by atoms with Gasteiger partial charge in [-0.15, -0.1) is 0 Å². The molecule has 0 spiro atoms. The van der Waals surface area contributed by atoms with Gasteiger partial charge in [0.2, 0.25) is 0 Å². The molecule has 5 heterocycles. The zero-order valence-corrected chi connectivity index (χ0v) is 45.1. The maximum Gasteiger partial charge on any atom is 0.339 e. The van der Waals surface area contributed by atoms with Gasteiger partial charge in [0.1, 0.15) is 47.5 Å². The highest BCUT2D eigenvalue weighted by Crippen LogP contribution is 2.70. The molecule has 8 aliphatic rings. The Hall–Kier alpha value is -2.57. The van der Waals surface area contributed by atoms with E-state index in [1.165, 1.54) is 13.1 Å². The van der Waals surface area contributed by atoms with Crippen molar-refractivity contribution in [3.63, 3.8) is 0 Å². The molecule has 4 aliphatic heterocycles. The van der Waals surface area contributed by atoms with E-state index in [0.717, 1.165) is 5.57 Å². The lowest BCUT2D eigenvalue weighted by molar-refractivity contribution is -0.347. The second kappa shape index (κ2) is 22.3. The highest BCUT2D eigenvalue weighted by atomic mass is 16.8. The van der Waals surface area contributed by atoms with Crippen LogP contribution >= 0.6 is 0 Å². The maximum atomic E-state index is 13.7. The average molecular weight is 1050 g/mol. The average Bonchev–Trinajstić information content (AvgIpc) is 3.78. The summed E-state index contributed by atoms with van der Waals surface area (Å²) in [6, 6.07) is 3.30. The molecule has 4 saturated heterocycles. The number of ether oxygens (including phenoxy) is 13. The predicted molar refractivity (Wildman–Crippen MR) is 262 cm³/mol. The van der Waals surface area contributed by atoms with E-state index in [1.807, 2.05) is 27.7 Å². The Morgan fingerprint density at radius 3 is 1.70 bits per heavy atom. The summed E-state index contributed by atoms with van der Waals surface area (Å²) < 4.78 is 81.7. The topological polar surface area (TPSA) is 228 Å². The number of esters is 1. The third-order valence-electron chi connectivity index (χ3n) is 19.0. The van der Waals surface area contributed by atoms with E-state index in [2.05, 4.69) is 18.0 Å². The molecule has 0 aromatic carbocycles. The minimum atomic E-state index is -1.69. The van der Waals surface area contributed by atoms with Crippen molar-refractivity contribution in [2.24, 2.45) is 22.7 Å². The van der Waals surface area contributed by atoms with Crippen LogP contribution in [0.3, 0.4) is 0 Å². The Bertz CT molecular complexity index is 2140. The Kier molecular flexibility index (Phi) is 16.9. The summed E-state index contributed by atoms with van der Waals surface area (Å²) in [7, 11) is 6.51. The predicted octanol–water partition coefficient (Wildman–Crippen LogP) is 5.12. The maximum absolute atomic E-state index is 13.7. The van der Waals surface area contributed by atoms with Gasteiger partial charge in [-0.25, -0.2) is 4.79 Å². The molecule has 3 N–H and O–H groups in total. The van der Waals surface area contributed by atoms with Crippen LogP contribution in [0.5, 0.6) is 0 Å². The molecule has 19 nitrogen and oxygen atoms in total. The van der Waals surface area contributed by atoms with Crippen molar-refractivity contribution >= 4 is 11.8 Å². The minimum Gasteiger partial charge on any atom is -0.458 e. The van der Waals surface area contributed by atoms with E-state index in [1.54, 1.807) is 53.7 Å². The SMILES string of the molecule is COC1CC(OC2C(C)OC(OC3C(C)OC(OC4C(C)OC(OC5CCC6(C)C(=CCC7(O)C6CC(OC(=O)c6cccnc6)C6(C)C(C(C)=O)CCC76O)C5)CC4OC)CC3OC)CC2OC)OC(C)C1O. The van der Waals surface area contributed by atoms with Crippen LogP contribution < -0.4 is 0 Å². The summed E-state index contributed by atoms with van der Waals surface area (Å²) >= 11 is 0. The molecule has 3 saturated carbocycles. The van der Waals surface area contributed by atoms with Crippen LogP contribution in [0.15, 0.2) is 36.2 Å². The third-order valence-corrected chi connectivity index (χ3v) is 19.0. The molecule has 9 rings (SSSR count). The number of aliphatic hydroxyl groups is 3. The summed E-state index contributed by atoms with van der Waals surface area (Å²) in [5.41, 5.74) is -3.60. The fourth-order valence-corrected chi connectivity index (χ4v) is 14.8. The fraction of sp³-hybridized carbons (Fsp3) is 0.836. The first kappa shape index (κ1) is 56.2. The van der Waals surface area contributed by atoms with E-state index < -0.39 is 132 Å². The molecule has 24 unspecified atom stereocenters. The number of hydrogen-bond donors (Lipinski definition) is 3. The van der Waals surface area contributed by atoms with E-state index in [-0.39, 0.29) is 48.9 Å². The number of methoxy groups -OCH3 is 4. The Morgan fingerprint density at radius 2 is 1.20 bits per heavy atom.